The maximum absolute atomic E-state index is 11.8. The Balaban J connectivity index is 1.64. The average Bonchev–Trinajstić information content (AvgIpc) is 3.18. The minimum absolute atomic E-state index is 0.194. The van der Waals surface area contributed by atoms with Crippen LogP contribution in [-0.4, -0.2) is 51.5 Å². The standard InChI is InChI=1S/C18H21BrN8O/c1-27(2)18(28)25-13-5-3-4-12(8-13)24-17-22-10-15(19)16(26-17)21-7-6-14-9-20-11-23-14/h3-5,8-11H,6-7H2,1-2H3,(H,20,23)(H,25,28)(H2,21,22,24,26). The van der Waals surface area contributed by atoms with E-state index in [9.17, 15) is 4.79 Å². The molecule has 2 heterocycles. The van der Waals surface area contributed by atoms with E-state index in [0.29, 0.717) is 24.0 Å². The summed E-state index contributed by atoms with van der Waals surface area (Å²) in [4.78, 5) is 29.2. The summed E-state index contributed by atoms with van der Waals surface area (Å²) in [5.41, 5.74) is 2.42. The van der Waals surface area contributed by atoms with Crippen LogP contribution in [0, 0.1) is 0 Å². The van der Waals surface area contributed by atoms with E-state index < -0.39 is 0 Å². The van der Waals surface area contributed by atoms with Gasteiger partial charge in [-0.05, 0) is 34.1 Å². The van der Waals surface area contributed by atoms with Gasteiger partial charge in [0.2, 0.25) is 5.95 Å². The van der Waals surface area contributed by atoms with E-state index in [-0.39, 0.29) is 6.03 Å². The van der Waals surface area contributed by atoms with E-state index in [0.717, 1.165) is 22.3 Å². The number of hydrogen-bond acceptors (Lipinski definition) is 6. The summed E-state index contributed by atoms with van der Waals surface area (Å²) >= 11 is 3.46. The molecule has 3 aromatic rings. The highest BCUT2D eigenvalue weighted by Crippen LogP contribution is 2.23. The van der Waals surface area contributed by atoms with Crippen molar-refractivity contribution in [2.45, 2.75) is 6.42 Å². The second-order valence-electron chi connectivity index (χ2n) is 6.16. The topological polar surface area (TPSA) is 111 Å². The lowest BCUT2D eigenvalue weighted by atomic mass is 10.3. The first-order valence-corrected chi connectivity index (χ1v) is 9.40. The number of halogens is 1. The minimum atomic E-state index is -0.194. The van der Waals surface area contributed by atoms with Gasteiger partial charge >= 0.3 is 6.03 Å². The quantitative estimate of drug-likeness (QED) is 0.444. The molecular formula is C18H21BrN8O. The smallest absolute Gasteiger partial charge is 0.321 e. The summed E-state index contributed by atoms with van der Waals surface area (Å²) in [6, 6.07) is 7.16. The minimum Gasteiger partial charge on any atom is -0.369 e. The van der Waals surface area contributed by atoms with Gasteiger partial charge in [0.15, 0.2) is 0 Å². The van der Waals surface area contributed by atoms with Gasteiger partial charge in [-0.15, -0.1) is 0 Å². The van der Waals surface area contributed by atoms with Crippen molar-refractivity contribution in [3.8, 4) is 0 Å². The van der Waals surface area contributed by atoms with Crippen LogP contribution in [0.15, 0.2) is 47.5 Å². The lowest BCUT2D eigenvalue weighted by Crippen LogP contribution is -2.27. The summed E-state index contributed by atoms with van der Waals surface area (Å²) in [5.74, 6) is 1.13. The Bertz CT molecular complexity index is 929. The fraction of sp³-hybridized carbons (Fsp3) is 0.222. The first kappa shape index (κ1) is 19.6. The van der Waals surface area contributed by atoms with Crippen LogP contribution in [0.5, 0.6) is 0 Å². The number of amides is 2. The number of benzene rings is 1. The zero-order chi connectivity index (χ0) is 19.9. The van der Waals surface area contributed by atoms with Gasteiger partial charge in [-0.2, -0.15) is 4.98 Å². The van der Waals surface area contributed by atoms with Crippen molar-refractivity contribution in [2.75, 3.05) is 36.6 Å². The number of nitrogens with zero attached hydrogens (tertiary/aromatic N) is 4. The third kappa shape index (κ3) is 5.43. The molecule has 0 bridgehead atoms. The van der Waals surface area contributed by atoms with Crippen molar-refractivity contribution >= 4 is 45.1 Å². The van der Waals surface area contributed by atoms with Crippen LogP contribution in [0.3, 0.4) is 0 Å². The van der Waals surface area contributed by atoms with E-state index in [2.05, 4.69) is 51.8 Å². The van der Waals surface area contributed by atoms with Crippen molar-refractivity contribution in [3.05, 3.63) is 53.2 Å². The Morgan fingerprint density at radius 3 is 2.82 bits per heavy atom. The molecule has 3 rings (SSSR count). The number of aromatic amines is 1. The Kier molecular flexibility index (Phi) is 6.43. The molecule has 0 atom stereocenters. The highest BCUT2D eigenvalue weighted by atomic mass is 79.9. The van der Waals surface area contributed by atoms with Crippen LogP contribution < -0.4 is 16.0 Å². The molecule has 146 valence electrons. The first-order valence-electron chi connectivity index (χ1n) is 8.61. The van der Waals surface area contributed by atoms with Gasteiger partial charge in [0.05, 0.1) is 16.5 Å². The van der Waals surface area contributed by atoms with Crippen molar-refractivity contribution in [1.29, 1.82) is 0 Å². The molecule has 9 nitrogen and oxygen atoms in total. The third-order valence-corrected chi connectivity index (χ3v) is 4.33. The van der Waals surface area contributed by atoms with E-state index in [1.807, 2.05) is 30.5 Å². The highest BCUT2D eigenvalue weighted by Gasteiger charge is 2.08. The van der Waals surface area contributed by atoms with Gasteiger partial charge in [-0.25, -0.2) is 14.8 Å². The zero-order valence-electron chi connectivity index (χ0n) is 15.5. The van der Waals surface area contributed by atoms with E-state index in [1.54, 1.807) is 26.6 Å². The molecule has 0 aliphatic rings. The predicted octanol–water partition coefficient (Wildman–Crippen LogP) is 3.45. The molecule has 0 fully saturated rings. The lowest BCUT2D eigenvalue weighted by Gasteiger charge is -2.13. The maximum atomic E-state index is 11.8. The number of anilines is 4. The molecular weight excluding hydrogens is 424 g/mol. The second-order valence-corrected chi connectivity index (χ2v) is 7.01. The fourth-order valence-corrected chi connectivity index (χ4v) is 2.66. The van der Waals surface area contributed by atoms with Gasteiger partial charge in [-0.3, -0.25) is 0 Å². The number of urea groups is 1. The van der Waals surface area contributed by atoms with Gasteiger partial charge in [0.25, 0.3) is 0 Å². The number of aromatic nitrogens is 4. The van der Waals surface area contributed by atoms with Crippen LogP contribution in [-0.2, 0) is 6.42 Å². The normalized spacial score (nSPS) is 10.4. The summed E-state index contributed by atoms with van der Waals surface area (Å²) in [6.45, 7) is 0.686. The van der Waals surface area contributed by atoms with E-state index >= 15 is 0 Å². The number of nitrogens with one attached hydrogen (secondary N) is 4. The number of hydrogen-bond donors (Lipinski definition) is 4. The number of H-pyrrole nitrogens is 1. The third-order valence-electron chi connectivity index (χ3n) is 3.75. The van der Waals surface area contributed by atoms with Crippen molar-refractivity contribution in [3.63, 3.8) is 0 Å². The Labute approximate surface area is 171 Å². The Morgan fingerprint density at radius 2 is 2.07 bits per heavy atom. The fourth-order valence-electron chi connectivity index (χ4n) is 2.33. The van der Waals surface area contributed by atoms with Crippen molar-refractivity contribution in [2.24, 2.45) is 0 Å². The molecule has 1 aromatic carbocycles. The lowest BCUT2D eigenvalue weighted by molar-refractivity contribution is 0.230. The monoisotopic (exact) mass is 444 g/mol. The molecule has 28 heavy (non-hydrogen) atoms. The summed E-state index contributed by atoms with van der Waals surface area (Å²) < 4.78 is 0.770. The van der Waals surface area contributed by atoms with Gasteiger partial charge in [-0.1, -0.05) is 6.07 Å². The molecule has 0 aliphatic carbocycles. The molecule has 4 N–H and O–H groups in total. The van der Waals surface area contributed by atoms with Crippen LogP contribution >= 0.6 is 15.9 Å². The second kappa shape index (κ2) is 9.18. The van der Waals surface area contributed by atoms with Crippen molar-refractivity contribution < 1.29 is 4.79 Å². The number of carbonyl (C=O) groups is 1. The molecule has 2 aromatic heterocycles. The molecule has 10 heteroatoms. The van der Waals surface area contributed by atoms with Gasteiger partial charge in [0, 0.05) is 50.8 Å². The zero-order valence-corrected chi connectivity index (χ0v) is 17.1. The summed E-state index contributed by atoms with van der Waals surface area (Å²) in [5, 5.41) is 9.23. The molecule has 0 radical (unpaired) electrons. The molecule has 0 aliphatic heterocycles. The molecule has 0 saturated heterocycles. The molecule has 0 unspecified atom stereocenters. The first-order chi connectivity index (χ1) is 13.5. The van der Waals surface area contributed by atoms with Crippen molar-refractivity contribution in [1.82, 2.24) is 24.8 Å². The van der Waals surface area contributed by atoms with E-state index in [1.165, 1.54) is 4.90 Å². The van der Waals surface area contributed by atoms with Crippen LogP contribution in [0.4, 0.5) is 27.9 Å². The predicted molar refractivity (Wildman–Crippen MR) is 113 cm³/mol. The van der Waals surface area contributed by atoms with Crippen LogP contribution in [0.25, 0.3) is 0 Å². The Morgan fingerprint density at radius 1 is 1.25 bits per heavy atom. The highest BCUT2D eigenvalue weighted by molar-refractivity contribution is 9.10. The molecule has 0 spiro atoms. The maximum Gasteiger partial charge on any atom is 0.321 e. The molecule has 0 saturated carbocycles. The number of imidazole rings is 1. The number of rotatable bonds is 7. The van der Waals surface area contributed by atoms with Gasteiger partial charge < -0.3 is 25.8 Å². The molecule has 2 amide bonds. The largest absolute Gasteiger partial charge is 0.369 e. The summed E-state index contributed by atoms with van der Waals surface area (Å²) in [6.07, 6.45) is 5.99. The van der Waals surface area contributed by atoms with Crippen LogP contribution in [0.1, 0.15) is 5.69 Å². The SMILES string of the molecule is CN(C)C(=O)Nc1cccc(Nc2ncc(Br)c(NCCc3c[nH]cn3)n2)c1. The number of carbonyl (C=O) groups excluding carboxylic acids is 1. The van der Waals surface area contributed by atoms with E-state index in [4.69, 9.17) is 0 Å². The average molecular weight is 445 g/mol. The van der Waals surface area contributed by atoms with Gasteiger partial charge in [0.1, 0.15) is 5.82 Å². The summed E-state index contributed by atoms with van der Waals surface area (Å²) in [7, 11) is 3.38. The van der Waals surface area contributed by atoms with Crippen LogP contribution in [0.2, 0.25) is 0 Å². The Hall–Kier alpha value is -3.14.